The lowest BCUT2D eigenvalue weighted by molar-refractivity contribution is 0.102. The van der Waals surface area contributed by atoms with Gasteiger partial charge in [-0.2, -0.15) is 0 Å². The summed E-state index contributed by atoms with van der Waals surface area (Å²) in [5.41, 5.74) is 2.09. The minimum absolute atomic E-state index is 0.0452. The third-order valence-electron chi connectivity index (χ3n) is 6.15. The van der Waals surface area contributed by atoms with Gasteiger partial charge in [-0.1, -0.05) is 109 Å². The third-order valence-corrected chi connectivity index (χ3v) is 7.46. The SMILES string of the molecule is C[C@]12[C@@H](c3ccccc3)c3ccccc3O[C@]1(c1ccccc1)C2(Cl)Cl. The number of halogens is 2. The first-order valence-electron chi connectivity index (χ1n) is 8.80. The summed E-state index contributed by atoms with van der Waals surface area (Å²) >= 11 is 14.0. The van der Waals surface area contributed by atoms with Gasteiger partial charge in [-0.3, -0.25) is 0 Å². The van der Waals surface area contributed by atoms with Gasteiger partial charge in [0.25, 0.3) is 0 Å². The predicted molar refractivity (Wildman–Crippen MR) is 106 cm³/mol. The predicted octanol–water partition coefficient (Wildman–Crippen LogP) is 6.30. The first-order chi connectivity index (χ1) is 12.5. The summed E-state index contributed by atoms with van der Waals surface area (Å²) in [6, 6.07) is 28.8. The molecule has 3 aromatic rings. The van der Waals surface area contributed by atoms with E-state index in [9.17, 15) is 0 Å². The second kappa shape index (κ2) is 5.28. The zero-order valence-corrected chi connectivity index (χ0v) is 15.8. The van der Waals surface area contributed by atoms with Gasteiger partial charge in [-0.15, -0.1) is 0 Å². The number of fused-ring (bicyclic) bond motifs is 2. The maximum absolute atomic E-state index is 7.02. The van der Waals surface area contributed by atoms with Gasteiger partial charge in [0.1, 0.15) is 5.75 Å². The summed E-state index contributed by atoms with van der Waals surface area (Å²) in [6.45, 7) is 2.15. The van der Waals surface area contributed by atoms with E-state index in [1.807, 2.05) is 42.5 Å². The summed E-state index contributed by atoms with van der Waals surface area (Å²) in [6.07, 6.45) is 0. The molecule has 0 saturated heterocycles. The molecule has 130 valence electrons. The number of hydrogen-bond acceptors (Lipinski definition) is 1. The Morgan fingerprint density at radius 1 is 0.769 bits per heavy atom. The van der Waals surface area contributed by atoms with E-state index in [1.54, 1.807) is 0 Å². The van der Waals surface area contributed by atoms with Crippen LogP contribution in [-0.2, 0) is 5.60 Å². The van der Waals surface area contributed by atoms with Crippen molar-refractivity contribution in [2.24, 2.45) is 5.41 Å². The van der Waals surface area contributed by atoms with Crippen LogP contribution in [0.25, 0.3) is 0 Å². The molecular weight excluding hydrogens is 363 g/mol. The van der Waals surface area contributed by atoms with Gasteiger partial charge in [0.2, 0.25) is 0 Å². The molecule has 3 atom stereocenters. The second-order valence-electron chi connectivity index (χ2n) is 7.31. The molecule has 0 unspecified atom stereocenters. The van der Waals surface area contributed by atoms with Gasteiger partial charge in [0.15, 0.2) is 9.93 Å². The zero-order chi connectivity index (χ0) is 18.0. The molecule has 1 nitrogen and oxygen atoms in total. The molecule has 5 rings (SSSR count). The van der Waals surface area contributed by atoms with Gasteiger partial charge in [0.05, 0.1) is 5.41 Å². The van der Waals surface area contributed by atoms with Crippen LogP contribution in [0.3, 0.4) is 0 Å². The first kappa shape index (κ1) is 16.2. The number of benzene rings is 3. The van der Waals surface area contributed by atoms with Crippen molar-refractivity contribution in [3.63, 3.8) is 0 Å². The molecule has 0 aromatic heterocycles. The van der Waals surface area contributed by atoms with Crippen molar-refractivity contribution in [2.75, 3.05) is 0 Å². The van der Waals surface area contributed by atoms with E-state index in [0.29, 0.717) is 0 Å². The molecule has 1 saturated carbocycles. The van der Waals surface area contributed by atoms with E-state index in [1.165, 1.54) is 5.56 Å². The number of hydrogen-bond donors (Lipinski definition) is 0. The summed E-state index contributed by atoms with van der Waals surface area (Å²) in [7, 11) is 0. The van der Waals surface area contributed by atoms with E-state index >= 15 is 0 Å². The van der Waals surface area contributed by atoms with Gasteiger partial charge in [0, 0.05) is 11.5 Å². The number of rotatable bonds is 2. The fraction of sp³-hybridized carbons (Fsp3) is 0.217. The third kappa shape index (κ3) is 1.73. The molecule has 0 amide bonds. The Balaban J connectivity index is 1.81. The van der Waals surface area contributed by atoms with E-state index < -0.39 is 15.3 Å². The second-order valence-corrected chi connectivity index (χ2v) is 8.63. The lowest BCUT2D eigenvalue weighted by atomic mass is 9.74. The van der Waals surface area contributed by atoms with E-state index in [0.717, 1.165) is 16.9 Å². The summed E-state index contributed by atoms with van der Waals surface area (Å²) in [5.74, 6) is 0.898. The minimum Gasteiger partial charge on any atom is -0.478 e. The molecule has 1 heterocycles. The maximum atomic E-state index is 7.02. The number of alkyl halides is 2. The van der Waals surface area contributed by atoms with Gasteiger partial charge >= 0.3 is 0 Å². The summed E-state index contributed by atoms with van der Waals surface area (Å²) < 4.78 is 5.54. The summed E-state index contributed by atoms with van der Waals surface area (Å²) in [4.78, 5) is 0. The van der Waals surface area contributed by atoms with Crippen molar-refractivity contribution in [3.8, 4) is 5.75 Å². The monoisotopic (exact) mass is 380 g/mol. The highest BCUT2D eigenvalue weighted by Crippen LogP contribution is 2.85. The van der Waals surface area contributed by atoms with Crippen LogP contribution in [0.15, 0.2) is 84.9 Å². The standard InChI is InChI=1S/C23H18Cl2O/c1-21-20(16-10-4-2-5-11-16)18-14-8-9-15-19(18)26-22(21,23(21,24)25)17-12-6-3-7-13-17/h2-15,20H,1H3/t20-,21-,22-/m0/s1. The highest BCUT2D eigenvalue weighted by Gasteiger charge is 2.91. The van der Waals surface area contributed by atoms with Crippen molar-refractivity contribution in [3.05, 3.63) is 102 Å². The fourth-order valence-corrected chi connectivity index (χ4v) is 5.91. The Morgan fingerprint density at radius 2 is 1.35 bits per heavy atom. The van der Waals surface area contributed by atoms with Gasteiger partial charge < -0.3 is 4.74 Å². The van der Waals surface area contributed by atoms with Crippen molar-refractivity contribution in [1.29, 1.82) is 0 Å². The Kier molecular flexibility index (Phi) is 3.30. The topological polar surface area (TPSA) is 9.23 Å². The lowest BCUT2D eigenvalue weighted by Gasteiger charge is -2.36. The lowest BCUT2D eigenvalue weighted by Crippen LogP contribution is -2.33. The summed E-state index contributed by atoms with van der Waals surface area (Å²) in [5, 5.41) is 0. The molecule has 2 aliphatic rings. The normalized spacial score (nSPS) is 30.7. The molecule has 0 radical (unpaired) electrons. The van der Waals surface area contributed by atoms with Crippen LogP contribution in [0.2, 0.25) is 0 Å². The van der Waals surface area contributed by atoms with Crippen LogP contribution < -0.4 is 4.74 Å². The molecular formula is C23H18Cl2O. The molecule has 0 spiro atoms. The van der Waals surface area contributed by atoms with E-state index in [2.05, 4.69) is 49.4 Å². The molecule has 3 heteroatoms. The highest BCUT2D eigenvalue weighted by atomic mass is 35.5. The zero-order valence-electron chi connectivity index (χ0n) is 14.3. The quantitative estimate of drug-likeness (QED) is 0.474. The average molecular weight is 381 g/mol. The Labute approximate surface area is 163 Å². The minimum atomic E-state index is -1.04. The van der Waals surface area contributed by atoms with Crippen LogP contribution in [0.4, 0.5) is 0 Å². The molecule has 26 heavy (non-hydrogen) atoms. The molecule has 0 N–H and O–H groups in total. The molecule has 1 aliphatic heterocycles. The van der Waals surface area contributed by atoms with Crippen molar-refractivity contribution in [1.82, 2.24) is 0 Å². The molecule has 1 aliphatic carbocycles. The molecule has 0 bridgehead atoms. The van der Waals surface area contributed by atoms with Gasteiger partial charge in [-0.25, -0.2) is 0 Å². The van der Waals surface area contributed by atoms with Crippen LogP contribution in [0.5, 0.6) is 5.75 Å². The van der Waals surface area contributed by atoms with Crippen LogP contribution in [-0.4, -0.2) is 4.33 Å². The Bertz CT molecular complexity index is 970. The Hall–Kier alpha value is -1.96. The highest BCUT2D eigenvalue weighted by molar-refractivity contribution is 6.53. The van der Waals surface area contributed by atoms with E-state index in [4.69, 9.17) is 27.9 Å². The van der Waals surface area contributed by atoms with Crippen molar-refractivity contribution >= 4 is 23.2 Å². The largest absolute Gasteiger partial charge is 0.478 e. The first-order valence-corrected chi connectivity index (χ1v) is 9.56. The fourth-order valence-electron chi connectivity index (χ4n) is 4.83. The van der Waals surface area contributed by atoms with Crippen molar-refractivity contribution in [2.45, 2.75) is 22.8 Å². The van der Waals surface area contributed by atoms with Gasteiger partial charge in [-0.05, 0) is 17.2 Å². The smallest absolute Gasteiger partial charge is 0.177 e. The number of ether oxygens (including phenoxy) is 1. The average Bonchev–Trinajstić information content (AvgIpc) is 3.08. The van der Waals surface area contributed by atoms with Crippen LogP contribution in [0, 0.1) is 5.41 Å². The molecule has 1 fully saturated rings. The Morgan fingerprint density at radius 3 is 2.04 bits per heavy atom. The van der Waals surface area contributed by atoms with E-state index in [-0.39, 0.29) is 5.92 Å². The maximum Gasteiger partial charge on any atom is 0.177 e. The van der Waals surface area contributed by atoms with Crippen LogP contribution in [0.1, 0.15) is 29.5 Å². The molecule has 3 aromatic carbocycles. The van der Waals surface area contributed by atoms with Crippen molar-refractivity contribution < 1.29 is 4.74 Å². The van der Waals surface area contributed by atoms with Crippen LogP contribution >= 0.6 is 23.2 Å². The number of para-hydroxylation sites is 1.